The van der Waals surface area contributed by atoms with Crippen LogP contribution in [0.15, 0.2) is 84.0 Å². The fraction of sp³-hybridized carbons (Fsp3) is 0.130. The molecule has 0 N–H and O–H groups in total. The van der Waals surface area contributed by atoms with Gasteiger partial charge < -0.3 is 4.74 Å². The summed E-state index contributed by atoms with van der Waals surface area (Å²) in [6, 6.07) is 23.2. The third-order valence-corrected chi connectivity index (χ3v) is 4.76. The van der Waals surface area contributed by atoms with Crippen molar-refractivity contribution in [1.82, 2.24) is 0 Å². The molecule has 1 atom stereocenters. The second-order valence-corrected chi connectivity index (χ2v) is 6.62. The number of ketones is 1. The summed E-state index contributed by atoms with van der Waals surface area (Å²) in [4.78, 5) is 14.3. The molecule has 0 saturated carbocycles. The van der Waals surface area contributed by atoms with Gasteiger partial charge in [0, 0.05) is 18.2 Å². The van der Waals surface area contributed by atoms with E-state index < -0.39 is 6.17 Å². The molecule has 0 aromatic heterocycles. The molecular formula is C23H20FN3O2. The Morgan fingerprint density at radius 1 is 0.931 bits per heavy atom. The van der Waals surface area contributed by atoms with E-state index >= 15 is 0 Å². The quantitative estimate of drug-likeness (QED) is 0.631. The highest BCUT2D eigenvalue weighted by atomic mass is 19.1. The number of halogens is 1. The van der Waals surface area contributed by atoms with Gasteiger partial charge in [-0.1, -0.05) is 36.4 Å². The van der Waals surface area contributed by atoms with E-state index in [2.05, 4.69) is 5.10 Å². The van der Waals surface area contributed by atoms with Crippen molar-refractivity contribution in [2.24, 2.45) is 5.10 Å². The Balaban J connectivity index is 1.93. The Morgan fingerprint density at radius 2 is 1.59 bits per heavy atom. The number of para-hydroxylation sites is 2. The van der Waals surface area contributed by atoms with E-state index in [0.29, 0.717) is 11.4 Å². The SMILES string of the molecule is COc1ccccc1C1N(c2ccccc2)N=C(C(C)=O)N1c1ccc(F)cc1. The average molecular weight is 389 g/mol. The van der Waals surface area contributed by atoms with Crippen LogP contribution in [0.2, 0.25) is 0 Å². The molecule has 1 unspecified atom stereocenters. The van der Waals surface area contributed by atoms with Crippen LogP contribution in [0.5, 0.6) is 5.75 Å². The van der Waals surface area contributed by atoms with Gasteiger partial charge in [-0.3, -0.25) is 9.69 Å². The van der Waals surface area contributed by atoms with E-state index in [1.807, 2.05) is 59.5 Å². The number of methoxy groups -OCH3 is 1. The highest BCUT2D eigenvalue weighted by Crippen LogP contribution is 2.41. The summed E-state index contributed by atoms with van der Waals surface area (Å²) in [5.41, 5.74) is 2.32. The molecule has 0 aliphatic carbocycles. The van der Waals surface area contributed by atoms with Crippen LogP contribution in [0.4, 0.5) is 15.8 Å². The summed E-state index contributed by atoms with van der Waals surface area (Å²) >= 11 is 0. The first kappa shape index (κ1) is 18.7. The van der Waals surface area contributed by atoms with Crippen molar-refractivity contribution < 1.29 is 13.9 Å². The number of ether oxygens (including phenoxy) is 1. The molecule has 4 rings (SSSR count). The van der Waals surface area contributed by atoms with Gasteiger partial charge in [0.2, 0.25) is 0 Å². The lowest BCUT2D eigenvalue weighted by molar-refractivity contribution is -0.111. The van der Waals surface area contributed by atoms with E-state index in [0.717, 1.165) is 11.3 Å². The topological polar surface area (TPSA) is 45.1 Å². The zero-order valence-corrected chi connectivity index (χ0v) is 16.1. The summed E-state index contributed by atoms with van der Waals surface area (Å²) in [6.45, 7) is 1.48. The number of Topliss-reactive ketones (excluding diaryl/α,β-unsaturated/α-hetero) is 1. The molecule has 3 aromatic rings. The van der Waals surface area contributed by atoms with Crippen LogP contribution in [-0.2, 0) is 4.79 Å². The highest BCUT2D eigenvalue weighted by Gasteiger charge is 2.40. The fourth-order valence-electron chi connectivity index (χ4n) is 3.47. The van der Waals surface area contributed by atoms with Crippen molar-refractivity contribution in [1.29, 1.82) is 0 Å². The molecule has 0 bridgehead atoms. The summed E-state index contributed by atoms with van der Waals surface area (Å²) in [6.07, 6.45) is -0.474. The van der Waals surface area contributed by atoms with Gasteiger partial charge in [0.25, 0.3) is 0 Å². The Morgan fingerprint density at radius 3 is 2.24 bits per heavy atom. The lowest BCUT2D eigenvalue weighted by Crippen LogP contribution is -2.38. The molecule has 0 fully saturated rings. The van der Waals surface area contributed by atoms with Crippen molar-refractivity contribution in [2.75, 3.05) is 17.0 Å². The summed E-state index contributed by atoms with van der Waals surface area (Å²) in [5, 5.41) is 6.44. The summed E-state index contributed by atoms with van der Waals surface area (Å²) in [5.74, 6) is 0.414. The second-order valence-electron chi connectivity index (χ2n) is 6.62. The predicted octanol–water partition coefficient (Wildman–Crippen LogP) is 4.76. The number of hydrogen-bond donors (Lipinski definition) is 0. The molecule has 1 heterocycles. The van der Waals surface area contributed by atoms with Crippen LogP contribution in [-0.4, -0.2) is 18.7 Å². The first-order chi connectivity index (χ1) is 14.1. The zero-order chi connectivity index (χ0) is 20.4. The van der Waals surface area contributed by atoms with Crippen molar-refractivity contribution >= 4 is 23.0 Å². The third kappa shape index (κ3) is 3.45. The number of benzene rings is 3. The molecule has 1 aliphatic rings. The van der Waals surface area contributed by atoms with Crippen LogP contribution >= 0.6 is 0 Å². The second kappa shape index (κ2) is 7.75. The molecular weight excluding hydrogens is 369 g/mol. The smallest absolute Gasteiger partial charge is 0.198 e. The van der Waals surface area contributed by atoms with E-state index in [1.54, 1.807) is 24.3 Å². The van der Waals surface area contributed by atoms with E-state index in [4.69, 9.17) is 4.74 Å². The molecule has 29 heavy (non-hydrogen) atoms. The van der Waals surface area contributed by atoms with Crippen LogP contribution in [0.3, 0.4) is 0 Å². The number of hydrazone groups is 1. The molecule has 3 aromatic carbocycles. The molecule has 146 valence electrons. The third-order valence-electron chi connectivity index (χ3n) is 4.76. The molecule has 0 radical (unpaired) electrons. The number of amidine groups is 1. The number of nitrogens with zero attached hydrogens (tertiary/aromatic N) is 3. The number of carbonyl (C=O) groups excluding carboxylic acids is 1. The van der Waals surface area contributed by atoms with Gasteiger partial charge in [-0.25, -0.2) is 9.40 Å². The van der Waals surface area contributed by atoms with E-state index in [-0.39, 0.29) is 17.4 Å². The summed E-state index contributed by atoms with van der Waals surface area (Å²) in [7, 11) is 1.61. The number of anilines is 2. The molecule has 1 aliphatic heterocycles. The van der Waals surface area contributed by atoms with Gasteiger partial charge in [-0.15, -0.1) is 5.10 Å². The van der Waals surface area contributed by atoms with Gasteiger partial charge in [0.1, 0.15) is 11.6 Å². The minimum atomic E-state index is -0.474. The molecule has 0 amide bonds. The normalized spacial score (nSPS) is 16.0. The Bertz CT molecular complexity index is 1050. The van der Waals surface area contributed by atoms with Gasteiger partial charge in [-0.05, 0) is 42.5 Å². The zero-order valence-electron chi connectivity index (χ0n) is 16.1. The fourth-order valence-corrected chi connectivity index (χ4v) is 3.47. The predicted molar refractivity (Wildman–Crippen MR) is 112 cm³/mol. The Labute approximate surface area is 168 Å². The summed E-state index contributed by atoms with van der Waals surface area (Å²) < 4.78 is 19.2. The molecule has 0 spiro atoms. The number of hydrogen-bond acceptors (Lipinski definition) is 5. The van der Waals surface area contributed by atoms with Crippen LogP contribution in [0.25, 0.3) is 0 Å². The van der Waals surface area contributed by atoms with Crippen molar-refractivity contribution in [3.05, 3.63) is 90.2 Å². The molecule has 5 nitrogen and oxygen atoms in total. The number of rotatable bonds is 5. The van der Waals surface area contributed by atoms with Gasteiger partial charge in [0.05, 0.1) is 12.8 Å². The maximum Gasteiger partial charge on any atom is 0.198 e. The maximum atomic E-state index is 13.6. The minimum Gasteiger partial charge on any atom is -0.496 e. The lowest BCUT2D eigenvalue weighted by atomic mass is 10.1. The lowest BCUT2D eigenvalue weighted by Gasteiger charge is -2.32. The van der Waals surface area contributed by atoms with Crippen LogP contribution in [0.1, 0.15) is 18.7 Å². The van der Waals surface area contributed by atoms with Gasteiger partial charge in [0.15, 0.2) is 17.8 Å². The average Bonchev–Trinajstić information content (AvgIpc) is 3.15. The van der Waals surface area contributed by atoms with Crippen molar-refractivity contribution in [2.45, 2.75) is 13.1 Å². The first-order valence-electron chi connectivity index (χ1n) is 9.21. The van der Waals surface area contributed by atoms with E-state index in [1.165, 1.54) is 19.1 Å². The van der Waals surface area contributed by atoms with E-state index in [9.17, 15) is 9.18 Å². The highest BCUT2D eigenvalue weighted by molar-refractivity contribution is 6.44. The van der Waals surface area contributed by atoms with Gasteiger partial charge in [-0.2, -0.15) is 0 Å². The number of carbonyl (C=O) groups is 1. The van der Waals surface area contributed by atoms with Crippen molar-refractivity contribution in [3.63, 3.8) is 0 Å². The monoisotopic (exact) mass is 389 g/mol. The largest absolute Gasteiger partial charge is 0.496 e. The Kier molecular flexibility index (Phi) is 4.99. The first-order valence-corrected chi connectivity index (χ1v) is 9.21. The Hall–Kier alpha value is -3.67. The van der Waals surface area contributed by atoms with Crippen LogP contribution in [0, 0.1) is 5.82 Å². The molecule has 6 heteroatoms. The maximum absolute atomic E-state index is 13.6. The standard InChI is InChI=1S/C23H20FN3O2/c1-16(28)22-25-27(19-8-4-3-5-9-19)23(20-10-6-7-11-21(20)29-2)26(22)18-14-12-17(24)13-15-18/h3-15,23H,1-2H3. The molecule has 0 saturated heterocycles. The van der Waals surface area contributed by atoms with Crippen molar-refractivity contribution in [3.8, 4) is 5.75 Å². The van der Waals surface area contributed by atoms with Gasteiger partial charge >= 0.3 is 0 Å². The van der Waals surface area contributed by atoms with Crippen LogP contribution < -0.4 is 14.6 Å². The minimum absolute atomic E-state index is 0.187.